The molecular formula is C26H29N3O2S. The first-order valence-corrected chi connectivity index (χ1v) is 12.3. The topological polar surface area (TPSA) is 45.6 Å². The van der Waals surface area contributed by atoms with Gasteiger partial charge in [-0.2, -0.15) is 0 Å². The molecule has 3 aromatic rings. The van der Waals surface area contributed by atoms with Gasteiger partial charge >= 0.3 is 0 Å². The molecule has 0 N–H and O–H groups in total. The third kappa shape index (κ3) is 3.77. The SMILES string of the molecule is CC=CCn1c(C(=O)N2CCN(C(=O)C3CC3c3ccccc3)C(C)C2)cc2ccsc21. The van der Waals surface area contributed by atoms with Gasteiger partial charge in [0.05, 0.1) is 0 Å². The van der Waals surface area contributed by atoms with Crippen molar-refractivity contribution < 1.29 is 9.59 Å². The molecule has 5 rings (SSSR count). The third-order valence-corrected chi connectivity index (χ3v) is 7.73. The van der Waals surface area contributed by atoms with Gasteiger partial charge in [0, 0.05) is 43.5 Å². The molecule has 0 spiro atoms. The molecule has 166 valence electrons. The van der Waals surface area contributed by atoms with Crippen LogP contribution < -0.4 is 0 Å². The largest absolute Gasteiger partial charge is 0.336 e. The fourth-order valence-corrected chi connectivity index (χ4v) is 5.83. The van der Waals surface area contributed by atoms with Crippen LogP contribution in [0.1, 0.15) is 42.2 Å². The Labute approximate surface area is 192 Å². The van der Waals surface area contributed by atoms with Gasteiger partial charge in [-0.05, 0) is 49.3 Å². The molecular weight excluding hydrogens is 418 g/mol. The smallest absolute Gasteiger partial charge is 0.270 e. The number of rotatable bonds is 5. The number of allylic oxidation sites excluding steroid dienone is 2. The Morgan fingerprint density at radius 1 is 1.16 bits per heavy atom. The van der Waals surface area contributed by atoms with E-state index in [1.807, 2.05) is 47.1 Å². The number of carbonyl (C=O) groups is 2. The lowest BCUT2D eigenvalue weighted by molar-refractivity contribution is -0.136. The van der Waals surface area contributed by atoms with Gasteiger partial charge in [-0.15, -0.1) is 11.3 Å². The van der Waals surface area contributed by atoms with Gasteiger partial charge in [-0.3, -0.25) is 9.59 Å². The van der Waals surface area contributed by atoms with Gasteiger partial charge in [0.2, 0.25) is 5.91 Å². The first-order valence-electron chi connectivity index (χ1n) is 11.4. The quantitative estimate of drug-likeness (QED) is 0.530. The van der Waals surface area contributed by atoms with Crippen molar-refractivity contribution in [3.8, 4) is 0 Å². The van der Waals surface area contributed by atoms with Gasteiger partial charge in [0.15, 0.2) is 0 Å². The second-order valence-electron chi connectivity index (χ2n) is 8.88. The summed E-state index contributed by atoms with van der Waals surface area (Å²) in [5.74, 6) is 0.742. The standard InChI is InChI=1S/C26H29N3O2S/c1-3-4-11-29-23(15-20-10-14-32-26(20)29)25(31)27-12-13-28(18(2)17-27)24(30)22-16-21(22)19-8-6-5-7-9-19/h3-10,14-15,18,21-22H,11-13,16-17H2,1-2H3. The van der Waals surface area contributed by atoms with E-state index in [0.29, 0.717) is 32.1 Å². The lowest BCUT2D eigenvalue weighted by atomic mass is 10.1. The maximum atomic E-state index is 13.4. The Kier molecular flexibility index (Phi) is 5.64. The molecule has 3 unspecified atom stereocenters. The summed E-state index contributed by atoms with van der Waals surface area (Å²) in [5, 5.41) is 3.18. The number of fused-ring (bicyclic) bond motifs is 1. The average Bonchev–Trinajstić information content (AvgIpc) is 3.36. The van der Waals surface area contributed by atoms with Crippen molar-refractivity contribution in [1.82, 2.24) is 14.4 Å². The Bertz CT molecular complexity index is 1160. The van der Waals surface area contributed by atoms with Crippen LogP contribution in [0.3, 0.4) is 0 Å². The van der Waals surface area contributed by atoms with Gasteiger partial charge < -0.3 is 14.4 Å². The average molecular weight is 448 g/mol. The summed E-state index contributed by atoms with van der Waals surface area (Å²) in [5.41, 5.74) is 2.00. The highest BCUT2D eigenvalue weighted by Gasteiger charge is 2.47. The first-order chi connectivity index (χ1) is 15.6. The molecule has 2 aliphatic rings. The molecule has 1 aliphatic carbocycles. The van der Waals surface area contributed by atoms with E-state index in [-0.39, 0.29) is 23.8 Å². The molecule has 1 aromatic carbocycles. The molecule has 3 heterocycles. The molecule has 5 nitrogen and oxygen atoms in total. The molecule has 1 saturated heterocycles. The summed E-state index contributed by atoms with van der Waals surface area (Å²) >= 11 is 1.67. The van der Waals surface area contributed by atoms with Crippen molar-refractivity contribution in [3.63, 3.8) is 0 Å². The zero-order valence-electron chi connectivity index (χ0n) is 18.6. The van der Waals surface area contributed by atoms with Gasteiger partial charge in [-0.1, -0.05) is 42.5 Å². The molecule has 0 radical (unpaired) electrons. The number of carbonyl (C=O) groups excluding carboxylic acids is 2. The van der Waals surface area contributed by atoms with Crippen LogP contribution in [0.2, 0.25) is 0 Å². The van der Waals surface area contributed by atoms with E-state index in [1.54, 1.807) is 11.3 Å². The molecule has 3 atom stereocenters. The Hall–Kier alpha value is -2.86. The highest BCUT2D eigenvalue weighted by atomic mass is 32.1. The number of benzene rings is 1. The summed E-state index contributed by atoms with van der Waals surface area (Å²) in [6.45, 7) is 6.52. The summed E-state index contributed by atoms with van der Waals surface area (Å²) in [7, 11) is 0. The molecule has 32 heavy (non-hydrogen) atoms. The Morgan fingerprint density at radius 2 is 1.97 bits per heavy atom. The van der Waals surface area contributed by atoms with Gasteiger partial charge in [-0.25, -0.2) is 0 Å². The molecule has 1 aliphatic heterocycles. The van der Waals surface area contributed by atoms with Crippen LogP contribution in [0, 0.1) is 5.92 Å². The Morgan fingerprint density at radius 3 is 2.72 bits per heavy atom. The van der Waals surface area contributed by atoms with Gasteiger partial charge in [0.25, 0.3) is 5.91 Å². The molecule has 6 heteroatoms. The van der Waals surface area contributed by atoms with E-state index in [9.17, 15) is 9.59 Å². The number of hydrogen-bond donors (Lipinski definition) is 0. The van der Waals surface area contributed by atoms with E-state index in [2.05, 4.69) is 41.1 Å². The molecule has 2 amide bonds. The van der Waals surface area contributed by atoms with Crippen molar-refractivity contribution in [3.05, 3.63) is 71.3 Å². The highest BCUT2D eigenvalue weighted by Crippen LogP contribution is 2.48. The van der Waals surface area contributed by atoms with E-state index in [4.69, 9.17) is 0 Å². The van der Waals surface area contributed by atoms with E-state index in [0.717, 1.165) is 22.3 Å². The van der Waals surface area contributed by atoms with Crippen LogP contribution in [-0.4, -0.2) is 51.9 Å². The van der Waals surface area contributed by atoms with Crippen LogP contribution >= 0.6 is 11.3 Å². The minimum absolute atomic E-state index is 0.0253. The number of piperazine rings is 1. The summed E-state index contributed by atoms with van der Waals surface area (Å²) < 4.78 is 2.11. The number of nitrogens with zero attached hydrogens (tertiary/aromatic N) is 3. The number of aromatic nitrogens is 1. The molecule has 0 bridgehead atoms. The highest BCUT2D eigenvalue weighted by molar-refractivity contribution is 7.16. The normalized spacial score (nSPS) is 23.2. The predicted molar refractivity (Wildman–Crippen MR) is 129 cm³/mol. The fourth-order valence-electron chi connectivity index (χ4n) is 4.93. The number of thiophene rings is 1. The van der Waals surface area contributed by atoms with Crippen molar-refractivity contribution >= 4 is 33.4 Å². The van der Waals surface area contributed by atoms with Crippen molar-refractivity contribution in [1.29, 1.82) is 0 Å². The minimum atomic E-state index is 0.0253. The second-order valence-corrected chi connectivity index (χ2v) is 9.78. The minimum Gasteiger partial charge on any atom is -0.336 e. The molecule has 1 saturated carbocycles. The summed E-state index contributed by atoms with van der Waals surface area (Å²) in [6.07, 6.45) is 5.03. The van der Waals surface area contributed by atoms with Crippen LogP contribution in [0.5, 0.6) is 0 Å². The zero-order chi connectivity index (χ0) is 22.2. The fraction of sp³-hybridized carbons (Fsp3) is 0.385. The molecule has 2 fully saturated rings. The van der Waals surface area contributed by atoms with E-state index >= 15 is 0 Å². The van der Waals surface area contributed by atoms with Crippen molar-refractivity contribution in [2.24, 2.45) is 5.92 Å². The third-order valence-electron chi connectivity index (χ3n) is 6.78. The second kappa shape index (κ2) is 8.58. The Balaban J connectivity index is 1.27. The predicted octanol–water partition coefficient (Wildman–Crippen LogP) is 4.76. The zero-order valence-corrected chi connectivity index (χ0v) is 19.4. The first kappa shape index (κ1) is 21.0. The molecule has 2 aromatic heterocycles. The van der Waals surface area contributed by atoms with Crippen LogP contribution in [-0.2, 0) is 11.3 Å². The maximum absolute atomic E-state index is 13.4. The maximum Gasteiger partial charge on any atom is 0.270 e. The van der Waals surface area contributed by atoms with Gasteiger partial charge in [0.1, 0.15) is 10.5 Å². The van der Waals surface area contributed by atoms with Crippen LogP contribution in [0.25, 0.3) is 10.2 Å². The summed E-state index contributed by atoms with van der Waals surface area (Å²) in [4.78, 5) is 31.7. The number of hydrogen-bond acceptors (Lipinski definition) is 3. The van der Waals surface area contributed by atoms with E-state index < -0.39 is 0 Å². The van der Waals surface area contributed by atoms with Crippen LogP contribution in [0.4, 0.5) is 0 Å². The lowest BCUT2D eigenvalue weighted by Gasteiger charge is -2.40. The van der Waals surface area contributed by atoms with Crippen molar-refractivity contribution in [2.45, 2.75) is 38.8 Å². The van der Waals surface area contributed by atoms with Crippen LogP contribution in [0.15, 0.2) is 60.0 Å². The van der Waals surface area contributed by atoms with Crippen molar-refractivity contribution in [2.75, 3.05) is 19.6 Å². The lowest BCUT2D eigenvalue weighted by Crippen LogP contribution is -2.56. The monoisotopic (exact) mass is 447 g/mol. The number of amides is 2. The van der Waals surface area contributed by atoms with E-state index in [1.165, 1.54) is 5.56 Å². The summed E-state index contributed by atoms with van der Waals surface area (Å²) in [6, 6.07) is 14.4.